The molecule has 1 aromatic carbocycles. The van der Waals surface area contributed by atoms with Crippen molar-refractivity contribution in [3.05, 3.63) is 29.4 Å². The first-order valence-corrected chi connectivity index (χ1v) is 15.4. The monoisotopic (exact) mass is 594 g/mol. The summed E-state index contributed by atoms with van der Waals surface area (Å²) in [6.45, 7) is 7.74. The standard InChI is InChI=1S/C23H31N3O4S2.C4H7NO3/c1-23(2,3)26-32(28)20-11-16(25-22(27)30-17-13-29-14-17)9-10-18(20)19-12-24-21(31-19)15-7-5-4-6-8-15;5-4(6)8-3-1-7-2-3/h9-12,15,17,26H,4-8,13-14H2,1-3H3,(H,25,27);3H,1-2H2,(H2,5,6). The average molecular weight is 595 g/mol. The number of aromatic nitrogens is 1. The average Bonchev–Trinajstić information content (AvgIpc) is 3.34. The molecule has 1 aromatic heterocycles. The second-order valence-electron chi connectivity index (χ2n) is 11.0. The predicted octanol–water partition coefficient (Wildman–Crippen LogP) is 4.70. The van der Waals surface area contributed by atoms with Crippen LogP contribution in [0.5, 0.6) is 0 Å². The number of thiazole rings is 1. The Hall–Kier alpha value is -2.58. The fourth-order valence-electron chi connectivity index (χ4n) is 4.27. The van der Waals surface area contributed by atoms with Crippen molar-refractivity contribution >= 4 is 40.2 Å². The third kappa shape index (κ3) is 8.96. The number of anilines is 1. The van der Waals surface area contributed by atoms with Crippen LogP contribution in [0.4, 0.5) is 15.3 Å². The molecule has 4 N–H and O–H groups in total. The van der Waals surface area contributed by atoms with Crippen molar-refractivity contribution in [2.45, 2.75) is 81.4 Å². The van der Waals surface area contributed by atoms with Crippen molar-refractivity contribution in [2.24, 2.45) is 5.73 Å². The molecule has 13 heteroatoms. The fraction of sp³-hybridized carbons (Fsp3) is 0.593. The van der Waals surface area contributed by atoms with Gasteiger partial charge in [0, 0.05) is 28.9 Å². The lowest BCUT2D eigenvalue weighted by molar-refractivity contribution is -0.0961. The predicted molar refractivity (Wildman–Crippen MR) is 153 cm³/mol. The summed E-state index contributed by atoms with van der Waals surface area (Å²) < 4.78 is 35.9. The third-order valence-corrected chi connectivity index (χ3v) is 9.07. The summed E-state index contributed by atoms with van der Waals surface area (Å²) in [6.07, 6.45) is 6.53. The molecule has 1 atom stereocenters. The second-order valence-corrected chi connectivity index (χ2v) is 13.3. The number of nitrogens with zero attached hydrogens (tertiary/aromatic N) is 1. The zero-order valence-corrected chi connectivity index (χ0v) is 24.7. The molecule has 2 aliphatic heterocycles. The van der Waals surface area contributed by atoms with Gasteiger partial charge in [0.05, 0.1) is 41.2 Å². The number of carbonyl (C=O) groups is 2. The maximum absolute atomic E-state index is 13.3. The van der Waals surface area contributed by atoms with Crippen LogP contribution in [-0.2, 0) is 29.9 Å². The number of nitrogens with one attached hydrogen (secondary N) is 2. The maximum atomic E-state index is 13.3. The molecule has 40 heavy (non-hydrogen) atoms. The van der Waals surface area contributed by atoms with Crippen LogP contribution in [0.1, 0.15) is 63.8 Å². The molecule has 2 amide bonds. The summed E-state index contributed by atoms with van der Waals surface area (Å²) in [4.78, 5) is 28.4. The van der Waals surface area contributed by atoms with Crippen LogP contribution in [0.2, 0.25) is 0 Å². The van der Waals surface area contributed by atoms with E-state index in [1.807, 2.05) is 39.1 Å². The SMILES string of the molecule is CC(C)(C)NS(=O)c1cc(NC(=O)OC2COC2)ccc1-c1cnc(C2CCCCC2)s1.NC(=O)OC1COC1. The lowest BCUT2D eigenvalue weighted by atomic mass is 9.90. The number of nitrogens with two attached hydrogens (primary N) is 1. The topological polar surface area (TPSA) is 151 Å². The van der Waals surface area contributed by atoms with Crippen LogP contribution in [0.25, 0.3) is 10.4 Å². The molecule has 1 unspecified atom stereocenters. The lowest BCUT2D eigenvalue weighted by Crippen LogP contribution is -2.39. The van der Waals surface area contributed by atoms with Gasteiger partial charge in [-0.3, -0.25) is 5.32 Å². The van der Waals surface area contributed by atoms with Gasteiger partial charge in [-0.05, 0) is 45.7 Å². The Labute approximate surface area is 241 Å². The summed E-state index contributed by atoms with van der Waals surface area (Å²) in [6, 6.07) is 5.46. The molecule has 2 aromatic rings. The summed E-state index contributed by atoms with van der Waals surface area (Å²) >= 11 is 1.68. The largest absolute Gasteiger partial charge is 0.441 e. The van der Waals surface area contributed by atoms with E-state index in [4.69, 9.17) is 19.2 Å². The molecule has 0 bridgehead atoms. The first-order valence-electron chi connectivity index (χ1n) is 13.5. The minimum absolute atomic E-state index is 0.0903. The van der Waals surface area contributed by atoms with Crippen LogP contribution in [0.15, 0.2) is 29.3 Å². The number of amides is 2. The van der Waals surface area contributed by atoms with E-state index in [1.54, 1.807) is 17.4 Å². The van der Waals surface area contributed by atoms with Crippen molar-refractivity contribution in [1.82, 2.24) is 9.71 Å². The number of carbonyl (C=O) groups excluding carboxylic acids is 2. The van der Waals surface area contributed by atoms with E-state index in [0.29, 0.717) is 42.9 Å². The number of primary amides is 1. The number of ether oxygens (including phenoxy) is 4. The molecule has 1 aliphatic carbocycles. The van der Waals surface area contributed by atoms with Gasteiger partial charge >= 0.3 is 12.2 Å². The Kier molecular flexibility index (Phi) is 10.5. The van der Waals surface area contributed by atoms with Crippen molar-refractivity contribution in [3.8, 4) is 10.4 Å². The summed E-state index contributed by atoms with van der Waals surface area (Å²) in [5.74, 6) is 0.523. The first-order chi connectivity index (χ1) is 19.1. The van der Waals surface area contributed by atoms with E-state index in [1.165, 1.54) is 32.1 Å². The second kappa shape index (κ2) is 13.9. The Bertz CT molecular complexity index is 1190. The van der Waals surface area contributed by atoms with E-state index < -0.39 is 23.2 Å². The summed E-state index contributed by atoms with van der Waals surface area (Å²) in [7, 11) is -1.47. The van der Waals surface area contributed by atoms with Gasteiger partial charge in [0.1, 0.15) is 11.0 Å². The van der Waals surface area contributed by atoms with E-state index in [0.717, 1.165) is 15.4 Å². The molecule has 3 fully saturated rings. The first kappa shape index (κ1) is 30.4. The molecule has 3 aliphatic rings. The minimum atomic E-state index is -1.47. The fourth-order valence-corrected chi connectivity index (χ4v) is 6.74. The summed E-state index contributed by atoms with van der Waals surface area (Å²) in [5, 5.41) is 3.90. The quantitative estimate of drug-likeness (QED) is 0.417. The van der Waals surface area contributed by atoms with Crippen LogP contribution in [0, 0.1) is 0 Å². The van der Waals surface area contributed by atoms with Gasteiger partial charge in [0.15, 0.2) is 12.2 Å². The zero-order chi connectivity index (χ0) is 28.7. The van der Waals surface area contributed by atoms with Crippen molar-refractivity contribution in [3.63, 3.8) is 0 Å². The Morgan fingerprint density at radius 3 is 2.25 bits per heavy atom. The molecule has 1 saturated carbocycles. The highest BCUT2D eigenvalue weighted by atomic mass is 32.2. The van der Waals surface area contributed by atoms with Gasteiger partial charge in [0.2, 0.25) is 0 Å². The molecule has 11 nitrogen and oxygen atoms in total. The number of rotatable bonds is 7. The molecule has 5 rings (SSSR count). The van der Waals surface area contributed by atoms with Crippen molar-refractivity contribution < 1.29 is 32.7 Å². The molecular weight excluding hydrogens is 556 g/mol. The lowest BCUT2D eigenvalue weighted by Gasteiger charge is -2.25. The zero-order valence-electron chi connectivity index (χ0n) is 23.1. The molecule has 3 heterocycles. The highest BCUT2D eigenvalue weighted by Crippen LogP contribution is 2.39. The van der Waals surface area contributed by atoms with E-state index in [9.17, 15) is 13.8 Å². The van der Waals surface area contributed by atoms with Crippen LogP contribution < -0.4 is 15.8 Å². The molecule has 2 saturated heterocycles. The third-order valence-electron chi connectivity index (χ3n) is 6.34. The number of benzene rings is 1. The van der Waals surface area contributed by atoms with Gasteiger partial charge in [-0.1, -0.05) is 25.3 Å². The van der Waals surface area contributed by atoms with E-state index in [2.05, 4.69) is 20.5 Å². The van der Waals surface area contributed by atoms with Gasteiger partial charge in [-0.15, -0.1) is 11.3 Å². The molecule has 220 valence electrons. The molecular formula is C27H38N4O7S2. The smallest absolute Gasteiger partial charge is 0.412 e. The van der Waals surface area contributed by atoms with E-state index in [-0.39, 0.29) is 17.7 Å². The van der Waals surface area contributed by atoms with E-state index >= 15 is 0 Å². The van der Waals surface area contributed by atoms with Gasteiger partial charge in [-0.2, -0.15) is 0 Å². The maximum Gasteiger partial charge on any atom is 0.412 e. The highest BCUT2D eigenvalue weighted by Gasteiger charge is 2.25. The highest BCUT2D eigenvalue weighted by molar-refractivity contribution is 7.83. The van der Waals surface area contributed by atoms with Gasteiger partial charge in [-0.25, -0.2) is 23.5 Å². The number of hydrogen-bond donors (Lipinski definition) is 3. The Morgan fingerprint density at radius 2 is 1.70 bits per heavy atom. The summed E-state index contributed by atoms with van der Waals surface area (Å²) in [5.41, 5.74) is 5.75. The van der Waals surface area contributed by atoms with Crippen LogP contribution in [0.3, 0.4) is 0 Å². The normalized spacial score (nSPS) is 18.9. The number of hydrogen-bond acceptors (Lipinski definition) is 9. The van der Waals surface area contributed by atoms with Gasteiger partial charge < -0.3 is 24.7 Å². The minimum Gasteiger partial charge on any atom is -0.441 e. The van der Waals surface area contributed by atoms with Gasteiger partial charge in [0.25, 0.3) is 0 Å². The van der Waals surface area contributed by atoms with Crippen LogP contribution >= 0.6 is 11.3 Å². The molecule has 0 radical (unpaired) electrons. The van der Waals surface area contributed by atoms with Crippen molar-refractivity contribution in [1.29, 1.82) is 0 Å². The van der Waals surface area contributed by atoms with Crippen LogP contribution in [-0.4, -0.2) is 65.6 Å². The Balaban J connectivity index is 0.000000398. The van der Waals surface area contributed by atoms with Crippen molar-refractivity contribution in [2.75, 3.05) is 31.7 Å². The Morgan fingerprint density at radius 1 is 1.05 bits per heavy atom. The molecule has 0 spiro atoms.